The minimum atomic E-state index is 0.641. The van der Waals surface area contributed by atoms with Gasteiger partial charge in [-0.05, 0) is 36.4 Å². The summed E-state index contributed by atoms with van der Waals surface area (Å²) in [7, 11) is 0. The molecular formula is C20H14N8. The number of pyridine rings is 2. The summed E-state index contributed by atoms with van der Waals surface area (Å²) in [4.78, 5) is 17.3. The van der Waals surface area contributed by atoms with Crippen LogP contribution in [0.15, 0.2) is 85.7 Å². The van der Waals surface area contributed by atoms with Crippen molar-refractivity contribution in [3.05, 3.63) is 85.7 Å². The van der Waals surface area contributed by atoms with Crippen LogP contribution in [-0.4, -0.2) is 39.5 Å². The molecule has 0 spiro atoms. The highest BCUT2D eigenvalue weighted by Crippen LogP contribution is 2.17. The molecule has 0 aliphatic heterocycles. The van der Waals surface area contributed by atoms with Gasteiger partial charge < -0.3 is 0 Å². The molecule has 0 fully saturated rings. The Hall–Kier alpha value is -4.20. The maximum Gasteiger partial charge on any atom is 0.158 e. The summed E-state index contributed by atoms with van der Waals surface area (Å²) in [6, 6.07) is 17.1. The summed E-state index contributed by atoms with van der Waals surface area (Å²) in [5.41, 5.74) is 3.17. The first-order valence-electron chi connectivity index (χ1n) is 8.64. The summed E-state index contributed by atoms with van der Waals surface area (Å²) in [5.74, 6) is 1.28. The molecule has 0 amide bonds. The third-order valence-corrected chi connectivity index (χ3v) is 4.14. The number of hydrogen-bond acceptors (Lipinski definition) is 6. The topological polar surface area (TPSA) is 87.2 Å². The summed E-state index contributed by atoms with van der Waals surface area (Å²) in [6.45, 7) is 0. The zero-order valence-corrected chi connectivity index (χ0v) is 14.7. The Morgan fingerprint density at radius 2 is 1.07 bits per heavy atom. The molecule has 0 saturated heterocycles. The van der Waals surface area contributed by atoms with Crippen LogP contribution in [0.4, 0.5) is 0 Å². The molecule has 0 bridgehead atoms. The summed E-state index contributed by atoms with van der Waals surface area (Å²) < 4.78 is 3.39. The number of nitrogens with zero attached hydrogens (tertiary/aromatic N) is 8. The molecule has 5 heterocycles. The minimum Gasteiger partial charge on any atom is -0.255 e. The van der Waals surface area contributed by atoms with Gasteiger partial charge in [-0.3, -0.25) is 9.97 Å². The predicted octanol–water partition coefficient (Wildman–Crippen LogP) is 2.97. The highest BCUT2D eigenvalue weighted by atomic mass is 15.3. The van der Waals surface area contributed by atoms with Gasteiger partial charge in [0, 0.05) is 30.9 Å². The van der Waals surface area contributed by atoms with Crippen molar-refractivity contribution in [3.63, 3.8) is 0 Å². The standard InChI is InChI=1S/C20H14N8/c1-3-9-21-15(5-1)17-7-11-27(25-17)19-13-20(24-14-23-19)28-12-8-18(26-28)16-6-2-4-10-22-16/h1-14H. The van der Waals surface area contributed by atoms with E-state index in [1.54, 1.807) is 21.8 Å². The van der Waals surface area contributed by atoms with Crippen molar-refractivity contribution < 1.29 is 0 Å². The van der Waals surface area contributed by atoms with E-state index in [0.717, 1.165) is 22.8 Å². The molecule has 0 aliphatic carbocycles. The van der Waals surface area contributed by atoms with Crippen LogP contribution >= 0.6 is 0 Å². The van der Waals surface area contributed by atoms with Gasteiger partial charge in [-0.25, -0.2) is 19.3 Å². The zero-order valence-electron chi connectivity index (χ0n) is 14.7. The minimum absolute atomic E-state index is 0.641. The first-order chi connectivity index (χ1) is 13.9. The van der Waals surface area contributed by atoms with E-state index in [4.69, 9.17) is 0 Å². The molecule has 0 radical (unpaired) electrons. The smallest absolute Gasteiger partial charge is 0.158 e. The molecule has 0 unspecified atom stereocenters. The third kappa shape index (κ3) is 3.03. The SMILES string of the molecule is c1ccc(-c2ccn(-c3cc(-n4ccc(-c5ccccn5)n4)ncn3)n2)nc1. The van der Waals surface area contributed by atoms with Crippen LogP contribution < -0.4 is 0 Å². The molecule has 0 saturated carbocycles. The van der Waals surface area contributed by atoms with Gasteiger partial charge in [0.25, 0.3) is 0 Å². The second-order valence-corrected chi connectivity index (χ2v) is 5.96. The van der Waals surface area contributed by atoms with Crippen molar-refractivity contribution in [1.82, 2.24) is 39.5 Å². The van der Waals surface area contributed by atoms with Crippen molar-refractivity contribution in [3.8, 4) is 34.4 Å². The maximum absolute atomic E-state index is 4.56. The normalized spacial score (nSPS) is 10.9. The van der Waals surface area contributed by atoms with E-state index in [-0.39, 0.29) is 0 Å². The fourth-order valence-corrected chi connectivity index (χ4v) is 2.79. The van der Waals surface area contributed by atoms with Gasteiger partial charge in [0.05, 0.1) is 11.4 Å². The van der Waals surface area contributed by atoms with Crippen LogP contribution in [0.5, 0.6) is 0 Å². The van der Waals surface area contributed by atoms with Crippen LogP contribution in [0, 0.1) is 0 Å². The molecule has 5 rings (SSSR count). The Labute approximate surface area is 160 Å². The molecular weight excluding hydrogens is 352 g/mol. The fourth-order valence-electron chi connectivity index (χ4n) is 2.79. The molecule has 5 aromatic rings. The first-order valence-corrected chi connectivity index (χ1v) is 8.64. The van der Waals surface area contributed by atoms with Crippen molar-refractivity contribution in [2.75, 3.05) is 0 Å². The van der Waals surface area contributed by atoms with Gasteiger partial charge >= 0.3 is 0 Å². The van der Waals surface area contributed by atoms with E-state index in [0.29, 0.717) is 11.6 Å². The number of aromatic nitrogens is 8. The summed E-state index contributed by atoms with van der Waals surface area (Å²) in [6.07, 6.45) is 8.67. The molecule has 0 aliphatic rings. The predicted molar refractivity (Wildman–Crippen MR) is 103 cm³/mol. The zero-order chi connectivity index (χ0) is 18.8. The quantitative estimate of drug-likeness (QED) is 0.486. The van der Waals surface area contributed by atoms with Gasteiger partial charge in [-0.1, -0.05) is 12.1 Å². The van der Waals surface area contributed by atoms with Gasteiger partial charge in [0.1, 0.15) is 17.7 Å². The van der Waals surface area contributed by atoms with E-state index in [1.807, 2.05) is 67.0 Å². The summed E-state index contributed by atoms with van der Waals surface area (Å²) >= 11 is 0. The van der Waals surface area contributed by atoms with Crippen molar-refractivity contribution in [2.24, 2.45) is 0 Å². The molecule has 5 aromatic heterocycles. The van der Waals surface area contributed by atoms with Crippen LogP contribution in [0.2, 0.25) is 0 Å². The molecule has 8 heteroatoms. The molecule has 0 atom stereocenters. The fraction of sp³-hybridized carbons (Fsp3) is 0. The number of rotatable bonds is 4. The highest BCUT2D eigenvalue weighted by molar-refractivity contribution is 5.54. The Kier molecular flexibility index (Phi) is 3.91. The lowest BCUT2D eigenvalue weighted by atomic mass is 10.3. The van der Waals surface area contributed by atoms with Crippen LogP contribution in [0.25, 0.3) is 34.4 Å². The number of hydrogen-bond donors (Lipinski definition) is 0. The molecule has 0 aromatic carbocycles. The first kappa shape index (κ1) is 16.0. The lowest BCUT2D eigenvalue weighted by Crippen LogP contribution is -2.04. The maximum atomic E-state index is 4.56. The molecule has 28 heavy (non-hydrogen) atoms. The van der Waals surface area contributed by atoms with E-state index in [9.17, 15) is 0 Å². The van der Waals surface area contributed by atoms with E-state index in [2.05, 4.69) is 30.1 Å². The third-order valence-electron chi connectivity index (χ3n) is 4.14. The molecule has 134 valence electrons. The monoisotopic (exact) mass is 366 g/mol. The Morgan fingerprint density at radius 3 is 1.54 bits per heavy atom. The average Bonchev–Trinajstić information content (AvgIpc) is 3.46. The van der Waals surface area contributed by atoms with E-state index >= 15 is 0 Å². The Balaban J connectivity index is 1.46. The largest absolute Gasteiger partial charge is 0.255 e. The highest BCUT2D eigenvalue weighted by Gasteiger charge is 2.09. The van der Waals surface area contributed by atoms with Crippen molar-refractivity contribution in [1.29, 1.82) is 0 Å². The second kappa shape index (κ2) is 6.84. The lowest BCUT2D eigenvalue weighted by Gasteiger charge is -2.04. The second-order valence-electron chi connectivity index (χ2n) is 5.96. The molecule has 8 nitrogen and oxygen atoms in total. The van der Waals surface area contributed by atoms with Gasteiger partial charge in [-0.15, -0.1) is 0 Å². The summed E-state index contributed by atoms with van der Waals surface area (Å²) in [5, 5.41) is 9.13. The van der Waals surface area contributed by atoms with E-state index in [1.165, 1.54) is 6.33 Å². The van der Waals surface area contributed by atoms with Crippen molar-refractivity contribution >= 4 is 0 Å². The molecule has 0 N–H and O–H groups in total. The Bertz CT molecular complexity index is 1120. The van der Waals surface area contributed by atoms with Crippen LogP contribution in [-0.2, 0) is 0 Å². The van der Waals surface area contributed by atoms with Gasteiger partial charge in [0.15, 0.2) is 11.6 Å². The van der Waals surface area contributed by atoms with Gasteiger partial charge in [0.2, 0.25) is 0 Å². The van der Waals surface area contributed by atoms with Crippen molar-refractivity contribution in [2.45, 2.75) is 0 Å². The lowest BCUT2D eigenvalue weighted by molar-refractivity contribution is 0.805. The van der Waals surface area contributed by atoms with E-state index < -0.39 is 0 Å². The van der Waals surface area contributed by atoms with Crippen LogP contribution in [0.1, 0.15) is 0 Å². The Morgan fingerprint density at radius 1 is 0.536 bits per heavy atom. The van der Waals surface area contributed by atoms with Crippen LogP contribution in [0.3, 0.4) is 0 Å². The average molecular weight is 366 g/mol. The van der Waals surface area contributed by atoms with Gasteiger partial charge in [-0.2, -0.15) is 10.2 Å².